The smallest absolute Gasteiger partial charge is 0.116 e. The van der Waals surface area contributed by atoms with Crippen LogP contribution in [0.5, 0.6) is 5.75 Å². The monoisotopic (exact) mass is 349 g/mol. The number of nitrogens with zero attached hydrogens (tertiary/aromatic N) is 1. The highest BCUT2D eigenvalue weighted by molar-refractivity contribution is 5.84. The molecule has 3 heteroatoms. The van der Waals surface area contributed by atoms with E-state index in [9.17, 15) is 10.2 Å². The van der Waals surface area contributed by atoms with Crippen molar-refractivity contribution in [3.05, 3.63) is 77.9 Å². The van der Waals surface area contributed by atoms with Gasteiger partial charge in [0.25, 0.3) is 0 Å². The van der Waals surface area contributed by atoms with Crippen molar-refractivity contribution in [1.82, 2.24) is 4.90 Å². The zero-order chi connectivity index (χ0) is 18.4. The van der Waals surface area contributed by atoms with Crippen molar-refractivity contribution in [2.45, 2.75) is 25.8 Å². The third kappa shape index (κ3) is 4.63. The third-order valence-corrected chi connectivity index (χ3v) is 5.03. The number of phenolic OH excluding ortho intramolecular Hbond substituents is 1. The first kappa shape index (κ1) is 18.4. The molecule has 1 unspecified atom stereocenters. The number of rotatable bonds is 8. The quantitative estimate of drug-likeness (QED) is 0.628. The lowest BCUT2D eigenvalue weighted by atomic mass is 9.94. The summed E-state index contributed by atoms with van der Waals surface area (Å²) in [5, 5.41) is 21.7. The fraction of sp³-hybridized carbons (Fsp3) is 0.304. The van der Waals surface area contributed by atoms with Gasteiger partial charge in [0.1, 0.15) is 5.75 Å². The molecule has 3 aromatic carbocycles. The van der Waals surface area contributed by atoms with Crippen molar-refractivity contribution in [1.29, 1.82) is 0 Å². The third-order valence-electron chi connectivity index (χ3n) is 5.03. The molecule has 0 fully saturated rings. The van der Waals surface area contributed by atoms with Crippen LogP contribution in [0.1, 0.15) is 30.4 Å². The predicted molar refractivity (Wildman–Crippen MR) is 107 cm³/mol. The Morgan fingerprint density at radius 1 is 0.923 bits per heavy atom. The summed E-state index contributed by atoms with van der Waals surface area (Å²) in [7, 11) is 0. The molecule has 0 heterocycles. The van der Waals surface area contributed by atoms with Crippen LogP contribution in [0.2, 0.25) is 0 Å². The van der Waals surface area contributed by atoms with Crippen molar-refractivity contribution in [2.24, 2.45) is 0 Å². The van der Waals surface area contributed by atoms with E-state index in [-0.39, 0.29) is 18.3 Å². The van der Waals surface area contributed by atoms with Crippen molar-refractivity contribution >= 4 is 10.8 Å². The van der Waals surface area contributed by atoms with Gasteiger partial charge in [-0.2, -0.15) is 0 Å². The van der Waals surface area contributed by atoms with Crippen LogP contribution in [-0.4, -0.2) is 34.8 Å². The summed E-state index contributed by atoms with van der Waals surface area (Å²) in [6, 6.07) is 22.1. The number of aromatic hydroxyl groups is 1. The number of hydrogen-bond acceptors (Lipinski definition) is 3. The first-order valence-electron chi connectivity index (χ1n) is 9.29. The van der Waals surface area contributed by atoms with Gasteiger partial charge < -0.3 is 10.2 Å². The normalized spacial score (nSPS) is 12.6. The van der Waals surface area contributed by atoms with Gasteiger partial charge in [0.15, 0.2) is 0 Å². The maximum absolute atomic E-state index is 9.91. The molecule has 3 nitrogen and oxygen atoms in total. The highest BCUT2D eigenvalue weighted by Gasteiger charge is 2.13. The van der Waals surface area contributed by atoms with E-state index in [0.717, 1.165) is 42.4 Å². The topological polar surface area (TPSA) is 43.7 Å². The first-order valence-corrected chi connectivity index (χ1v) is 9.29. The molecule has 0 aliphatic rings. The summed E-state index contributed by atoms with van der Waals surface area (Å²) in [4.78, 5) is 2.41. The van der Waals surface area contributed by atoms with Crippen LogP contribution >= 0.6 is 0 Å². The molecule has 0 aliphatic heterocycles. The van der Waals surface area contributed by atoms with Gasteiger partial charge >= 0.3 is 0 Å². The predicted octanol–water partition coefficient (Wildman–Crippen LogP) is 4.53. The second-order valence-corrected chi connectivity index (χ2v) is 6.81. The van der Waals surface area contributed by atoms with Crippen LogP contribution in [0.25, 0.3) is 10.8 Å². The van der Waals surface area contributed by atoms with E-state index in [1.807, 2.05) is 12.1 Å². The van der Waals surface area contributed by atoms with Crippen LogP contribution in [0.15, 0.2) is 66.7 Å². The lowest BCUT2D eigenvalue weighted by Crippen LogP contribution is -2.26. The Hall–Kier alpha value is -2.36. The Kier molecular flexibility index (Phi) is 6.26. The second-order valence-electron chi connectivity index (χ2n) is 6.81. The molecular weight excluding hydrogens is 322 g/mol. The highest BCUT2D eigenvalue weighted by Crippen LogP contribution is 2.26. The van der Waals surface area contributed by atoms with Crippen LogP contribution in [-0.2, 0) is 6.54 Å². The van der Waals surface area contributed by atoms with Crippen LogP contribution < -0.4 is 0 Å². The molecule has 0 bridgehead atoms. The average Bonchev–Trinajstić information content (AvgIpc) is 2.68. The number of hydrogen-bond donors (Lipinski definition) is 2. The Morgan fingerprint density at radius 3 is 2.42 bits per heavy atom. The lowest BCUT2D eigenvalue weighted by Gasteiger charge is -2.23. The Labute approximate surface area is 155 Å². The summed E-state index contributed by atoms with van der Waals surface area (Å²) in [5.74, 6) is 0.377. The van der Waals surface area contributed by atoms with Gasteiger partial charge in [-0.15, -0.1) is 0 Å². The van der Waals surface area contributed by atoms with Crippen molar-refractivity contribution in [3.8, 4) is 5.75 Å². The maximum Gasteiger partial charge on any atom is 0.116 e. The van der Waals surface area contributed by atoms with E-state index in [2.05, 4.69) is 54.3 Å². The first-order chi connectivity index (χ1) is 12.7. The van der Waals surface area contributed by atoms with E-state index >= 15 is 0 Å². The summed E-state index contributed by atoms with van der Waals surface area (Å²) in [6.07, 6.45) is 0.904. The zero-order valence-electron chi connectivity index (χ0n) is 15.3. The second kappa shape index (κ2) is 8.84. The van der Waals surface area contributed by atoms with Gasteiger partial charge in [0.2, 0.25) is 0 Å². The summed E-state index contributed by atoms with van der Waals surface area (Å²) < 4.78 is 0. The van der Waals surface area contributed by atoms with Gasteiger partial charge in [-0.25, -0.2) is 0 Å². The fourth-order valence-electron chi connectivity index (χ4n) is 3.40. The van der Waals surface area contributed by atoms with Crippen molar-refractivity contribution in [2.75, 3.05) is 19.7 Å². The minimum absolute atomic E-state index is 0.103. The standard InChI is InChI=1S/C23H27NO2/c1-2-24(16-18-6-4-3-5-7-18)13-12-21(17-25)20-9-8-19-10-11-23(26)15-22(19)14-20/h3-11,14-15,21,25-26H,2,12-13,16-17H2,1H3. The number of benzene rings is 3. The number of aliphatic hydroxyl groups is 1. The Balaban J connectivity index is 1.68. The van der Waals surface area contributed by atoms with E-state index in [0.29, 0.717) is 0 Å². The van der Waals surface area contributed by atoms with Gasteiger partial charge in [0, 0.05) is 19.1 Å². The number of aliphatic hydroxyl groups excluding tert-OH is 1. The molecular formula is C23H27NO2. The number of fused-ring (bicyclic) bond motifs is 1. The molecule has 136 valence electrons. The Morgan fingerprint density at radius 2 is 1.69 bits per heavy atom. The minimum Gasteiger partial charge on any atom is -0.508 e. The van der Waals surface area contributed by atoms with Crippen molar-refractivity contribution in [3.63, 3.8) is 0 Å². The van der Waals surface area contributed by atoms with E-state index < -0.39 is 0 Å². The van der Waals surface area contributed by atoms with Gasteiger partial charge in [0.05, 0.1) is 0 Å². The molecule has 0 aliphatic carbocycles. The molecule has 0 saturated heterocycles. The maximum atomic E-state index is 9.91. The highest BCUT2D eigenvalue weighted by atomic mass is 16.3. The van der Waals surface area contributed by atoms with E-state index in [4.69, 9.17) is 0 Å². The molecule has 0 amide bonds. The van der Waals surface area contributed by atoms with E-state index in [1.54, 1.807) is 12.1 Å². The average molecular weight is 349 g/mol. The molecule has 3 aromatic rings. The van der Waals surface area contributed by atoms with Crippen LogP contribution in [0, 0.1) is 0 Å². The molecule has 3 rings (SSSR count). The van der Waals surface area contributed by atoms with E-state index in [1.165, 1.54) is 5.56 Å². The molecule has 26 heavy (non-hydrogen) atoms. The minimum atomic E-state index is 0.103. The zero-order valence-corrected chi connectivity index (χ0v) is 15.3. The SMILES string of the molecule is CCN(CCC(CO)c1ccc2ccc(O)cc2c1)Cc1ccccc1. The Bertz CT molecular complexity index is 832. The van der Waals surface area contributed by atoms with Gasteiger partial charge in [-0.05, 0) is 53.5 Å². The lowest BCUT2D eigenvalue weighted by molar-refractivity contribution is 0.224. The fourth-order valence-corrected chi connectivity index (χ4v) is 3.40. The summed E-state index contributed by atoms with van der Waals surface area (Å²) >= 11 is 0. The van der Waals surface area contributed by atoms with Gasteiger partial charge in [-0.3, -0.25) is 4.90 Å². The molecule has 0 aromatic heterocycles. The molecule has 0 radical (unpaired) electrons. The van der Waals surface area contributed by atoms with Crippen molar-refractivity contribution < 1.29 is 10.2 Å². The molecule has 0 saturated carbocycles. The van der Waals surface area contributed by atoms with Crippen LogP contribution in [0.3, 0.4) is 0 Å². The van der Waals surface area contributed by atoms with Crippen LogP contribution in [0.4, 0.5) is 0 Å². The number of phenols is 1. The molecule has 2 N–H and O–H groups in total. The molecule has 1 atom stereocenters. The van der Waals surface area contributed by atoms with Gasteiger partial charge in [-0.1, -0.05) is 61.5 Å². The summed E-state index contributed by atoms with van der Waals surface area (Å²) in [5.41, 5.74) is 2.44. The largest absolute Gasteiger partial charge is 0.508 e. The summed E-state index contributed by atoms with van der Waals surface area (Å²) in [6.45, 7) is 5.16. The molecule has 0 spiro atoms.